The first-order valence-corrected chi connectivity index (χ1v) is 9.17. The molecular weight excluding hydrogens is 322 g/mol. The molecule has 1 amide bonds. The maximum Gasteiger partial charge on any atom is 0.243 e. The van der Waals surface area contributed by atoms with E-state index in [1.807, 2.05) is 24.3 Å². The zero-order chi connectivity index (χ0) is 18.9. The number of benzene rings is 2. The number of anilines is 3. The van der Waals surface area contributed by atoms with Crippen LogP contribution in [-0.4, -0.2) is 24.5 Å². The molecule has 2 aromatic carbocycles. The second-order valence-corrected chi connectivity index (χ2v) is 8.76. The van der Waals surface area contributed by atoms with Gasteiger partial charge in [0.1, 0.15) is 0 Å². The number of para-hydroxylation sites is 2. The van der Waals surface area contributed by atoms with Gasteiger partial charge in [0, 0.05) is 17.8 Å². The van der Waals surface area contributed by atoms with Gasteiger partial charge in [0.2, 0.25) is 5.91 Å². The van der Waals surface area contributed by atoms with Crippen molar-refractivity contribution < 1.29 is 4.79 Å². The maximum absolute atomic E-state index is 12.6. The van der Waals surface area contributed by atoms with E-state index < -0.39 is 0 Å². The molecule has 1 aliphatic rings. The number of hydrogen-bond donors (Lipinski definition) is 2. The number of hydrogen-bond acceptors (Lipinski definition) is 3. The summed E-state index contributed by atoms with van der Waals surface area (Å²) in [5.41, 5.74) is 4.27. The third-order valence-electron chi connectivity index (χ3n) is 4.67. The van der Waals surface area contributed by atoms with Crippen molar-refractivity contribution in [1.29, 1.82) is 0 Å². The highest BCUT2D eigenvalue weighted by molar-refractivity contribution is 5.95. The van der Waals surface area contributed by atoms with Gasteiger partial charge in [0.05, 0.1) is 17.9 Å². The van der Waals surface area contributed by atoms with Gasteiger partial charge >= 0.3 is 0 Å². The van der Waals surface area contributed by atoms with Crippen molar-refractivity contribution in [2.75, 3.05) is 28.6 Å². The van der Waals surface area contributed by atoms with Gasteiger partial charge < -0.3 is 15.5 Å². The summed E-state index contributed by atoms with van der Waals surface area (Å²) in [5.74, 6) is 0.000937. The Hall–Kier alpha value is -2.49. The number of carbonyl (C=O) groups excluding carboxylic acids is 1. The summed E-state index contributed by atoms with van der Waals surface area (Å²) in [6, 6.07) is 16.3. The van der Waals surface area contributed by atoms with E-state index in [-0.39, 0.29) is 16.9 Å². The lowest BCUT2D eigenvalue weighted by atomic mass is 9.87. The van der Waals surface area contributed by atoms with Crippen LogP contribution in [-0.2, 0) is 10.2 Å². The van der Waals surface area contributed by atoms with Crippen LogP contribution in [0.4, 0.5) is 17.1 Å². The van der Waals surface area contributed by atoms with Crippen LogP contribution in [0.3, 0.4) is 0 Å². The lowest BCUT2D eigenvalue weighted by molar-refractivity contribution is -0.115. The largest absolute Gasteiger partial charge is 0.377 e. The topological polar surface area (TPSA) is 44.4 Å². The summed E-state index contributed by atoms with van der Waals surface area (Å²) in [5, 5.41) is 6.56. The molecule has 0 saturated carbocycles. The quantitative estimate of drug-likeness (QED) is 0.847. The van der Waals surface area contributed by atoms with Crippen LogP contribution in [0.25, 0.3) is 0 Å². The fraction of sp³-hybridized carbons (Fsp3) is 0.409. The molecule has 3 rings (SSSR count). The van der Waals surface area contributed by atoms with Crippen LogP contribution in [0.1, 0.15) is 40.2 Å². The van der Waals surface area contributed by atoms with Gasteiger partial charge in [-0.1, -0.05) is 45.0 Å². The van der Waals surface area contributed by atoms with Crippen molar-refractivity contribution in [2.45, 2.75) is 45.6 Å². The minimum Gasteiger partial charge on any atom is -0.377 e. The van der Waals surface area contributed by atoms with Crippen molar-refractivity contribution in [3.8, 4) is 0 Å². The molecule has 2 aromatic rings. The molecule has 0 bridgehead atoms. The third-order valence-corrected chi connectivity index (χ3v) is 4.67. The molecule has 0 aliphatic carbocycles. The van der Waals surface area contributed by atoms with Gasteiger partial charge in [-0.15, -0.1) is 0 Å². The number of nitrogens with zero attached hydrogens (tertiary/aromatic N) is 1. The Balaban J connectivity index is 1.70. The Morgan fingerprint density at radius 3 is 2.42 bits per heavy atom. The molecule has 1 aliphatic heterocycles. The molecule has 0 saturated heterocycles. The van der Waals surface area contributed by atoms with E-state index in [0.717, 1.165) is 23.6 Å². The van der Waals surface area contributed by atoms with Gasteiger partial charge in [-0.2, -0.15) is 0 Å². The maximum atomic E-state index is 12.6. The van der Waals surface area contributed by atoms with E-state index in [1.54, 1.807) is 0 Å². The minimum atomic E-state index is -0.0804. The van der Waals surface area contributed by atoms with Crippen LogP contribution in [0, 0.1) is 0 Å². The molecule has 2 N–H and O–H groups in total. The smallest absolute Gasteiger partial charge is 0.243 e. The average Bonchev–Trinajstić information content (AvgIpc) is 2.53. The first-order valence-electron chi connectivity index (χ1n) is 9.17. The molecule has 0 fully saturated rings. The third kappa shape index (κ3) is 4.18. The summed E-state index contributed by atoms with van der Waals surface area (Å²) < 4.78 is 0. The van der Waals surface area contributed by atoms with E-state index in [4.69, 9.17) is 0 Å². The van der Waals surface area contributed by atoms with Crippen LogP contribution < -0.4 is 15.5 Å². The average molecular weight is 351 g/mol. The molecule has 4 nitrogen and oxygen atoms in total. The fourth-order valence-corrected chi connectivity index (χ4v) is 3.39. The van der Waals surface area contributed by atoms with Gasteiger partial charge in [-0.05, 0) is 49.1 Å². The van der Waals surface area contributed by atoms with Crippen molar-refractivity contribution in [1.82, 2.24) is 0 Å². The highest BCUT2D eigenvalue weighted by atomic mass is 16.2. The predicted molar refractivity (Wildman–Crippen MR) is 110 cm³/mol. The van der Waals surface area contributed by atoms with E-state index in [1.165, 1.54) is 5.56 Å². The Morgan fingerprint density at radius 1 is 1.12 bits per heavy atom. The highest BCUT2D eigenvalue weighted by Gasteiger charge is 2.30. The van der Waals surface area contributed by atoms with E-state index in [9.17, 15) is 4.79 Å². The molecule has 4 heteroatoms. The minimum absolute atomic E-state index is 0.000937. The normalized spacial score (nSPS) is 15.8. The van der Waals surface area contributed by atoms with Crippen LogP contribution in [0.5, 0.6) is 0 Å². The predicted octanol–water partition coefficient (Wildman–Crippen LogP) is 4.63. The second kappa shape index (κ2) is 6.67. The van der Waals surface area contributed by atoms with Crippen molar-refractivity contribution >= 4 is 23.0 Å². The lowest BCUT2D eigenvalue weighted by Gasteiger charge is -2.41. The van der Waals surface area contributed by atoms with Crippen LogP contribution in [0.15, 0.2) is 48.5 Å². The summed E-state index contributed by atoms with van der Waals surface area (Å²) in [4.78, 5) is 14.8. The molecule has 26 heavy (non-hydrogen) atoms. The number of amides is 1. The Kier molecular flexibility index (Phi) is 4.70. The summed E-state index contributed by atoms with van der Waals surface area (Å²) >= 11 is 0. The first-order chi connectivity index (χ1) is 12.1. The molecular formula is C22H29N3O. The Labute approximate surface area is 156 Å². The fourth-order valence-electron chi connectivity index (χ4n) is 3.39. The SMILES string of the molecule is CC1(C)CN(CC(=O)Nc2ccc(C(C)(C)C)cc2)c2ccccc2N1. The molecule has 0 spiro atoms. The number of nitrogens with one attached hydrogen (secondary N) is 2. The standard InChI is InChI=1S/C22H29N3O/c1-21(2,3)16-10-12-17(13-11-16)23-20(26)14-25-15-22(4,5)24-18-8-6-7-9-19(18)25/h6-13,24H,14-15H2,1-5H3,(H,23,26). The van der Waals surface area contributed by atoms with E-state index in [2.05, 4.69) is 74.4 Å². The van der Waals surface area contributed by atoms with Gasteiger partial charge in [0.25, 0.3) is 0 Å². The Morgan fingerprint density at radius 2 is 1.77 bits per heavy atom. The lowest BCUT2D eigenvalue weighted by Crippen LogP contribution is -2.50. The number of rotatable bonds is 3. The van der Waals surface area contributed by atoms with Gasteiger partial charge in [0.15, 0.2) is 0 Å². The van der Waals surface area contributed by atoms with Gasteiger partial charge in [-0.25, -0.2) is 0 Å². The van der Waals surface area contributed by atoms with Crippen molar-refractivity contribution in [3.05, 3.63) is 54.1 Å². The van der Waals surface area contributed by atoms with Crippen molar-refractivity contribution in [3.63, 3.8) is 0 Å². The van der Waals surface area contributed by atoms with Crippen LogP contribution >= 0.6 is 0 Å². The number of carbonyl (C=O) groups is 1. The summed E-state index contributed by atoms with van der Waals surface area (Å²) in [6.45, 7) is 12.0. The zero-order valence-electron chi connectivity index (χ0n) is 16.4. The first kappa shape index (κ1) is 18.3. The number of fused-ring (bicyclic) bond motifs is 1. The summed E-state index contributed by atoms with van der Waals surface area (Å²) in [7, 11) is 0. The Bertz CT molecular complexity index is 788. The second-order valence-electron chi connectivity index (χ2n) is 8.76. The van der Waals surface area contributed by atoms with E-state index in [0.29, 0.717) is 6.54 Å². The zero-order valence-corrected chi connectivity index (χ0v) is 16.4. The molecule has 0 aromatic heterocycles. The van der Waals surface area contributed by atoms with E-state index >= 15 is 0 Å². The van der Waals surface area contributed by atoms with Gasteiger partial charge in [-0.3, -0.25) is 4.79 Å². The summed E-state index contributed by atoms with van der Waals surface area (Å²) in [6.07, 6.45) is 0. The molecule has 0 atom stereocenters. The molecule has 1 heterocycles. The molecule has 138 valence electrons. The highest BCUT2D eigenvalue weighted by Crippen LogP contribution is 2.34. The molecule has 0 unspecified atom stereocenters. The van der Waals surface area contributed by atoms with Crippen molar-refractivity contribution in [2.24, 2.45) is 0 Å². The monoisotopic (exact) mass is 351 g/mol. The van der Waals surface area contributed by atoms with Crippen LogP contribution in [0.2, 0.25) is 0 Å². The molecule has 0 radical (unpaired) electrons.